The molecule has 0 spiro atoms. The van der Waals surface area contributed by atoms with E-state index in [1.54, 1.807) is 0 Å². The van der Waals surface area contributed by atoms with Crippen molar-refractivity contribution in [2.24, 2.45) is 0 Å². The van der Waals surface area contributed by atoms with E-state index in [-0.39, 0.29) is 23.3 Å². The molecule has 0 bridgehead atoms. The molecule has 2 aliphatic heterocycles. The Morgan fingerprint density at radius 1 is 1.26 bits per heavy atom. The maximum absolute atomic E-state index is 12.9. The zero-order valence-corrected chi connectivity index (χ0v) is 14.0. The molecule has 2 heterocycles. The van der Waals surface area contributed by atoms with Crippen LogP contribution in [0.4, 0.5) is 4.39 Å². The summed E-state index contributed by atoms with van der Waals surface area (Å²) in [5.74, 6) is -0.667. The normalized spacial score (nSPS) is 31.7. The summed E-state index contributed by atoms with van der Waals surface area (Å²) >= 11 is 5.13. The van der Waals surface area contributed by atoms with Crippen molar-refractivity contribution in [2.45, 2.75) is 57.6 Å². The molecule has 0 radical (unpaired) electrons. The van der Waals surface area contributed by atoms with Gasteiger partial charge < -0.3 is 23.7 Å². The molecule has 1 aromatic carbocycles. The van der Waals surface area contributed by atoms with Crippen LogP contribution in [0.1, 0.15) is 27.2 Å². The van der Waals surface area contributed by atoms with E-state index in [9.17, 15) is 4.39 Å². The summed E-state index contributed by atoms with van der Waals surface area (Å²) in [6.07, 6.45) is -0.738. The molecular weight excluding hydrogens is 323 g/mol. The van der Waals surface area contributed by atoms with E-state index in [1.807, 2.05) is 20.8 Å². The number of benzene rings is 1. The summed E-state index contributed by atoms with van der Waals surface area (Å²) in [5, 5.41) is -0.0578. The summed E-state index contributed by atoms with van der Waals surface area (Å²) in [6.45, 7) is 5.62. The average molecular weight is 342 g/mol. The lowest BCUT2D eigenvalue weighted by atomic mass is 10.1. The Morgan fingerprint density at radius 3 is 2.61 bits per heavy atom. The topological polar surface area (TPSA) is 46.2 Å². The smallest absolute Gasteiger partial charge is 0.358 e. The van der Waals surface area contributed by atoms with E-state index in [2.05, 4.69) is 0 Å². The van der Waals surface area contributed by atoms with Gasteiger partial charge in [0.25, 0.3) is 0 Å². The van der Waals surface area contributed by atoms with Gasteiger partial charge in [0, 0.05) is 12.2 Å². The molecule has 23 heavy (non-hydrogen) atoms. The lowest BCUT2D eigenvalue weighted by molar-refractivity contribution is -0.214. The van der Waals surface area contributed by atoms with Crippen LogP contribution in [-0.4, -0.2) is 35.6 Å². The van der Waals surface area contributed by atoms with Gasteiger partial charge in [-0.15, -0.1) is 0 Å². The Hall–Kier alpha value is -1.28. The maximum atomic E-state index is 12.9. The number of halogens is 1. The van der Waals surface area contributed by atoms with Crippen LogP contribution in [0.15, 0.2) is 24.3 Å². The summed E-state index contributed by atoms with van der Waals surface area (Å²) in [6, 6.07) is 5.54. The van der Waals surface area contributed by atoms with Gasteiger partial charge in [0.15, 0.2) is 24.3 Å². The molecule has 1 aromatic rings. The number of ether oxygens (including phenoxy) is 5. The average Bonchev–Trinajstić information content (AvgIpc) is 2.94. The first kappa shape index (κ1) is 16.6. The van der Waals surface area contributed by atoms with Crippen molar-refractivity contribution in [1.82, 2.24) is 0 Å². The Balaban J connectivity index is 1.65. The Bertz CT molecular complexity index is 576. The van der Waals surface area contributed by atoms with Crippen molar-refractivity contribution in [2.75, 3.05) is 0 Å². The number of hydrogen-bond acceptors (Lipinski definition) is 6. The van der Waals surface area contributed by atoms with Gasteiger partial charge in [-0.3, -0.25) is 0 Å². The molecule has 0 unspecified atom stereocenters. The fourth-order valence-electron chi connectivity index (χ4n) is 2.75. The first-order chi connectivity index (χ1) is 10.9. The zero-order valence-electron chi connectivity index (χ0n) is 13.2. The monoisotopic (exact) mass is 342 g/mol. The summed E-state index contributed by atoms with van der Waals surface area (Å²) in [5.41, 5.74) is 0. The van der Waals surface area contributed by atoms with Gasteiger partial charge in [-0.05, 0) is 44.5 Å². The highest BCUT2D eigenvalue weighted by atomic mass is 32.1. The first-order valence-corrected chi connectivity index (χ1v) is 7.94. The predicted octanol–water partition coefficient (Wildman–Crippen LogP) is 3.16. The van der Waals surface area contributed by atoms with Crippen LogP contribution < -0.4 is 4.74 Å². The second kappa shape index (κ2) is 6.32. The third-order valence-electron chi connectivity index (χ3n) is 3.74. The van der Waals surface area contributed by atoms with Gasteiger partial charge >= 0.3 is 5.24 Å². The molecule has 0 saturated carbocycles. The van der Waals surface area contributed by atoms with E-state index >= 15 is 0 Å². The van der Waals surface area contributed by atoms with Gasteiger partial charge in [-0.1, -0.05) is 6.92 Å². The highest BCUT2D eigenvalue weighted by Crippen LogP contribution is 2.39. The minimum atomic E-state index is -0.727. The molecule has 5 nitrogen and oxygen atoms in total. The fraction of sp³-hybridized carbons (Fsp3) is 0.562. The Morgan fingerprint density at radius 2 is 1.96 bits per heavy atom. The maximum Gasteiger partial charge on any atom is 0.358 e. The van der Waals surface area contributed by atoms with Gasteiger partial charge in [0.2, 0.25) is 0 Å². The number of hydrogen-bond donors (Lipinski definition) is 0. The second-order valence-electron chi connectivity index (χ2n) is 5.94. The van der Waals surface area contributed by atoms with Gasteiger partial charge in [-0.2, -0.15) is 0 Å². The second-order valence-corrected chi connectivity index (χ2v) is 6.27. The highest BCUT2D eigenvalue weighted by Gasteiger charge is 2.55. The van der Waals surface area contributed by atoms with Crippen molar-refractivity contribution in [3.05, 3.63) is 30.1 Å². The summed E-state index contributed by atoms with van der Waals surface area (Å²) in [7, 11) is 0. The molecule has 2 fully saturated rings. The van der Waals surface area contributed by atoms with Gasteiger partial charge in [0.05, 0.1) is 0 Å². The minimum absolute atomic E-state index is 0.0578. The van der Waals surface area contributed by atoms with E-state index < -0.39 is 18.2 Å². The van der Waals surface area contributed by atoms with Crippen LogP contribution in [-0.2, 0) is 18.9 Å². The van der Waals surface area contributed by atoms with Crippen molar-refractivity contribution < 1.29 is 28.1 Å². The molecule has 7 heteroatoms. The van der Waals surface area contributed by atoms with Crippen molar-refractivity contribution >= 4 is 17.5 Å². The van der Waals surface area contributed by atoms with E-state index in [0.717, 1.165) is 6.42 Å². The standard InChI is InChI=1S/C16H19FO5S/c1-4-11-12(13-14(19-11)22-16(2,3)21-13)20-15(23)18-10-7-5-9(17)6-8-10/h5-8,11-14H,4H2,1-3H3/t11-,12+,13-,14-/m1/s1. The Kier molecular flexibility index (Phi) is 4.55. The largest absolute Gasteiger partial charge is 0.447 e. The lowest BCUT2D eigenvalue weighted by Crippen LogP contribution is -2.38. The quantitative estimate of drug-likeness (QED) is 0.787. The van der Waals surface area contributed by atoms with Crippen molar-refractivity contribution in [3.63, 3.8) is 0 Å². The first-order valence-electron chi connectivity index (χ1n) is 7.53. The van der Waals surface area contributed by atoms with Crippen LogP contribution in [0.3, 0.4) is 0 Å². The summed E-state index contributed by atoms with van der Waals surface area (Å²) in [4.78, 5) is 0. The fourth-order valence-corrected chi connectivity index (χ4v) is 2.96. The summed E-state index contributed by atoms with van der Waals surface area (Å²) < 4.78 is 41.4. The molecule has 0 N–H and O–H groups in total. The molecule has 3 rings (SSSR count). The SMILES string of the molecule is CC[C@H]1O[C@@H]2OC(C)(C)O[C@@H]2[C@H]1OC(=S)Oc1ccc(F)cc1. The minimum Gasteiger partial charge on any atom is -0.447 e. The van der Waals surface area contributed by atoms with E-state index in [1.165, 1.54) is 24.3 Å². The molecule has 0 aromatic heterocycles. The van der Waals surface area contributed by atoms with Crippen LogP contribution in [0.2, 0.25) is 0 Å². The number of thiocarbonyl (C=S) groups is 1. The molecule has 0 amide bonds. The van der Waals surface area contributed by atoms with E-state index in [0.29, 0.717) is 5.75 Å². The molecule has 0 aliphatic carbocycles. The molecular formula is C16H19FO5S. The van der Waals surface area contributed by atoms with Gasteiger partial charge in [0.1, 0.15) is 17.7 Å². The molecule has 126 valence electrons. The number of fused-ring (bicyclic) bond motifs is 1. The molecule has 2 aliphatic rings. The predicted molar refractivity (Wildman–Crippen MR) is 83.5 cm³/mol. The van der Waals surface area contributed by atoms with Crippen molar-refractivity contribution in [3.8, 4) is 5.75 Å². The number of rotatable bonds is 3. The molecule has 4 atom stereocenters. The Labute approximate surface area is 139 Å². The van der Waals surface area contributed by atoms with Gasteiger partial charge in [-0.25, -0.2) is 4.39 Å². The third kappa shape index (κ3) is 3.63. The van der Waals surface area contributed by atoms with Crippen molar-refractivity contribution in [1.29, 1.82) is 0 Å². The zero-order chi connectivity index (χ0) is 16.6. The van der Waals surface area contributed by atoms with E-state index in [4.69, 9.17) is 35.9 Å². The molecule has 2 saturated heterocycles. The lowest BCUT2D eigenvalue weighted by Gasteiger charge is -2.25. The van der Waals surface area contributed by atoms with Crippen LogP contribution >= 0.6 is 12.2 Å². The highest BCUT2D eigenvalue weighted by molar-refractivity contribution is 7.79. The van der Waals surface area contributed by atoms with Crippen LogP contribution in [0, 0.1) is 5.82 Å². The van der Waals surface area contributed by atoms with Crippen LogP contribution in [0.25, 0.3) is 0 Å². The van der Waals surface area contributed by atoms with Crippen LogP contribution in [0.5, 0.6) is 5.75 Å². The third-order valence-corrected chi connectivity index (χ3v) is 3.92.